The molecular formula is C14H16. The van der Waals surface area contributed by atoms with E-state index in [9.17, 15) is 0 Å². The van der Waals surface area contributed by atoms with E-state index >= 15 is 0 Å². The van der Waals surface area contributed by atoms with Crippen LogP contribution in [0, 0.1) is 0 Å². The Morgan fingerprint density at radius 1 is 1.00 bits per heavy atom. The van der Waals surface area contributed by atoms with Crippen molar-refractivity contribution in [3.63, 3.8) is 0 Å². The smallest absolute Gasteiger partial charge is 0.00608 e. The highest BCUT2D eigenvalue weighted by molar-refractivity contribution is 5.34. The van der Waals surface area contributed by atoms with E-state index in [0.29, 0.717) is 0 Å². The summed E-state index contributed by atoms with van der Waals surface area (Å²) in [7, 11) is 0. The number of hydrogen-bond donors (Lipinski definition) is 0. The molecule has 0 radical (unpaired) electrons. The van der Waals surface area contributed by atoms with Crippen molar-refractivity contribution in [1.29, 1.82) is 0 Å². The second-order valence-corrected chi connectivity index (χ2v) is 3.84. The molecule has 0 saturated carbocycles. The van der Waals surface area contributed by atoms with Gasteiger partial charge in [-0.2, -0.15) is 0 Å². The van der Waals surface area contributed by atoms with E-state index in [1.165, 1.54) is 18.4 Å². The van der Waals surface area contributed by atoms with Crippen molar-refractivity contribution in [2.45, 2.75) is 26.2 Å². The van der Waals surface area contributed by atoms with Crippen LogP contribution in [-0.4, -0.2) is 0 Å². The van der Waals surface area contributed by atoms with Crippen molar-refractivity contribution in [1.82, 2.24) is 0 Å². The first-order chi connectivity index (χ1) is 6.88. The Labute approximate surface area is 86.0 Å². The Morgan fingerprint density at radius 3 is 2.36 bits per heavy atom. The van der Waals surface area contributed by atoms with Crippen LogP contribution in [0.1, 0.15) is 25.3 Å². The topological polar surface area (TPSA) is 0 Å². The fourth-order valence-corrected chi connectivity index (χ4v) is 1.87. The van der Waals surface area contributed by atoms with Gasteiger partial charge in [-0.25, -0.2) is 0 Å². The van der Waals surface area contributed by atoms with Gasteiger partial charge < -0.3 is 0 Å². The van der Waals surface area contributed by atoms with Crippen molar-refractivity contribution < 1.29 is 0 Å². The maximum atomic E-state index is 2.28. The molecule has 0 aromatic heterocycles. The molecule has 1 aliphatic rings. The zero-order valence-electron chi connectivity index (χ0n) is 8.66. The lowest BCUT2D eigenvalue weighted by Gasteiger charge is -2.03. The van der Waals surface area contributed by atoms with Crippen LogP contribution in [0.15, 0.2) is 53.6 Å². The minimum Gasteiger partial charge on any atom is -0.0664 e. The summed E-state index contributed by atoms with van der Waals surface area (Å²) in [6.07, 6.45) is 8.05. The van der Waals surface area contributed by atoms with Gasteiger partial charge in [-0.05, 0) is 24.8 Å². The summed E-state index contributed by atoms with van der Waals surface area (Å²) < 4.78 is 0. The van der Waals surface area contributed by atoms with E-state index in [1.807, 2.05) is 0 Å². The molecule has 0 heterocycles. The number of rotatable bonds is 3. The maximum Gasteiger partial charge on any atom is -0.00608 e. The van der Waals surface area contributed by atoms with E-state index in [1.54, 1.807) is 11.1 Å². The zero-order chi connectivity index (χ0) is 9.80. The lowest BCUT2D eigenvalue weighted by molar-refractivity contribution is 0.976. The van der Waals surface area contributed by atoms with Crippen LogP contribution in [0.4, 0.5) is 0 Å². The summed E-state index contributed by atoms with van der Waals surface area (Å²) in [5, 5.41) is 0. The Morgan fingerprint density at radius 2 is 1.71 bits per heavy atom. The first kappa shape index (κ1) is 9.26. The summed E-state index contributed by atoms with van der Waals surface area (Å²) >= 11 is 0. The van der Waals surface area contributed by atoms with Gasteiger partial charge in [-0.3, -0.25) is 0 Å². The molecule has 72 valence electrons. The van der Waals surface area contributed by atoms with Crippen molar-refractivity contribution >= 4 is 0 Å². The van der Waals surface area contributed by atoms with E-state index < -0.39 is 0 Å². The van der Waals surface area contributed by atoms with Crippen LogP contribution < -0.4 is 0 Å². The quantitative estimate of drug-likeness (QED) is 0.668. The van der Waals surface area contributed by atoms with Crippen LogP contribution in [0.25, 0.3) is 0 Å². The molecule has 0 bridgehead atoms. The van der Waals surface area contributed by atoms with Gasteiger partial charge in [0.2, 0.25) is 0 Å². The van der Waals surface area contributed by atoms with Crippen LogP contribution in [0.5, 0.6) is 0 Å². The molecule has 1 aliphatic carbocycles. The third-order valence-electron chi connectivity index (χ3n) is 2.74. The molecule has 0 nitrogen and oxygen atoms in total. The highest BCUT2D eigenvalue weighted by atomic mass is 14.1. The molecular weight excluding hydrogens is 168 g/mol. The molecule has 2 rings (SSSR count). The van der Waals surface area contributed by atoms with Gasteiger partial charge in [0.25, 0.3) is 0 Å². The van der Waals surface area contributed by atoms with Crippen LogP contribution >= 0.6 is 0 Å². The Hall–Kier alpha value is -1.30. The molecule has 0 saturated heterocycles. The fourth-order valence-electron chi connectivity index (χ4n) is 1.87. The molecule has 0 aliphatic heterocycles. The highest BCUT2D eigenvalue weighted by Gasteiger charge is 2.06. The standard InChI is InChI=1S/C14H16/c1-2-12-8-9-14(10-12)11-13-6-4-3-5-7-13/h3-9H,2,10-11H2,1H3. The predicted octanol–water partition coefficient (Wildman–Crippen LogP) is 3.90. The van der Waals surface area contributed by atoms with Crippen molar-refractivity contribution in [2.75, 3.05) is 0 Å². The minimum atomic E-state index is 1.11. The SMILES string of the molecule is CCC1=CC=C(Cc2ccccc2)C1. The normalized spacial score (nSPS) is 15.2. The molecule has 0 heteroatoms. The molecule has 0 N–H and O–H groups in total. The molecule has 0 spiro atoms. The molecule has 1 aromatic carbocycles. The first-order valence-corrected chi connectivity index (χ1v) is 5.30. The number of allylic oxidation sites excluding steroid dienone is 4. The van der Waals surface area contributed by atoms with Gasteiger partial charge >= 0.3 is 0 Å². The van der Waals surface area contributed by atoms with E-state index in [-0.39, 0.29) is 0 Å². The average molecular weight is 184 g/mol. The van der Waals surface area contributed by atoms with Crippen molar-refractivity contribution in [2.24, 2.45) is 0 Å². The van der Waals surface area contributed by atoms with Gasteiger partial charge in [0.1, 0.15) is 0 Å². The summed E-state index contributed by atoms with van der Waals surface area (Å²) in [4.78, 5) is 0. The van der Waals surface area contributed by atoms with Gasteiger partial charge in [-0.15, -0.1) is 0 Å². The van der Waals surface area contributed by atoms with Crippen LogP contribution in [0.3, 0.4) is 0 Å². The summed E-state index contributed by atoms with van der Waals surface area (Å²) in [5.41, 5.74) is 4.54. The van der Waals surface area contributed by atoms with E-state index in [2.05, 4.69) is 49.4 Å². The largest absolute Gasteiger partial charge is 0.0664 e. The Balaban J connectivity index is 1.96. The summed E-state index contributed by atoms with van der Waals surface area (Å²) in [6.45, 7) is 2.23. The van der Waals surface area contributed by atoms with Gasteiger partial charge in [0.05, 0.1) is 0 Å². The van der Waals surface area contributed by atoms with Gasteiger partial charge in [-0.1, -0.05) is 60.6 Å². The number of benzene rings is 1. The third-order valence-corrected chi connectivity index (χ3v) is 2.74. The lowest BCUT2D eigenvalue weighted by Crippen LogP contribution is -1.88. The summed E-state index contributed by atoms with van der Waals surface area (Å²) in [5.74, 6) is 0. The molecule has 0 fully saturated rings. The Kier molecular flexibility index (Phi) is 2.83. The second kappa shape index (κ2) is 4.28. The van der Waals surface area contributed by atoms with E-state index in [4.69, 9.17) is 0 Å². The minimum absolute atomic E-state index is 1.11. The lowest BCUT2D eigenvalue weighted by atomic mass is 10.0. The predicted molar refractivity (Wildman–Crippen MR) is 61.2 cm³/mol. The first-order valence-electron chi connectivity index (χ1n) is 5.30. The van der Waals surface area contributed by atoms with Gasteiger partial charge in [0, 0.05) is 0 Å². The monoisotopic (exact) mass is 184 g/mol. The zero-order valence-corrected chi connectivity index (χ0v) is 8.66. The van der Waals surface area contributed by atoms with Gasteiger partial charge in [0.15, 0.2) is 0 Å². The molecule has 1 aromatic rings. The molecule has 0 unspecified atom stereocenters. The second-order valence-electron chi connectivity index (χ2n) is 3.84. The molecule has 0 atom stereocenters. The molecule has 14 heavy (non-hydrogen) atoms. The van der Waals surface area contributed by atoms with Crippen LogP contribution in [-0.2, 0) is 6.42 Å². The maximum absolute atomic E-state index is 2.28. The summed E-state index contributed by atoms with van der Waals surface area (Å²) in [6, 6.07) is 10.7. The fraction of sp³-hybridized carbons (Fsp3) is 0.286. The van der Waals surface area contributed by atoms with Crippen molar-refractivity contribution in [3.8, 4) is 0 Å². The number of hydrogen-bond acceptors (Lipinski definition) is 0. The highest BCUT2D eigenvalue weighted by Crippen LogP contribution is 2.24. The Bertz CT molecular complexity index is 355. The average Bonchev–Trinajstić information content (AvgIpc) is 2.67. The van der Waals surface area contributed by atoms with Crippen molar-refractivity contribution in [3.05, 3.63) is 59.2 Å². The van der Waals surface area contributed by atoms with E-state index in [0.717, 1.165) is 6.42 Å². The molecule has 0 amide bonds. The van der Waals surface area contributed by atoms with Crippen LogP contribution in [0.2, 0.25) is 0 Å². The third kappa shape index (κ3) is 2.14.